The quantitative estimate of drug-likeness (QED) is 0.655. The number of nitrogens with zero attached hydrogens (tertiary/aromatic N) is 1. The molecule has 7 heteroatoms. The average molecular weight is 441 g/mol. The van der Waals surface area contributed by atoms with E-state index < -0.39 is 26.5 Å². The Bertz CT molecular complexity index is 1160. The van der Waals surface area contributed by atoms with E-state index in [1.54, 1.807) is 35.2 Å². The Hall–Kier alpha value is -2.93. The van der Waals surface area contributed by atoms with E-state index in [1.807, 2.05) is 33.8 Å². The minimum Gasteiger partial charge on any atom is -0.367 e. The van der Waals surface area contributed by atoms with Crippen LogP contribution in [0.3, 0.4) is 0 Å². The summed E-state index contributed by atoms with van der Waals surface area (Å²) in [5.41, 5.74) is 2.40. The summed E-state index contributed by atoms with van der Waals surface area (Å²) in [7, 11) is -4.31. The van der Waals surface area contributed by atoms with E-state index in [9.17, 15) is 18.0 Å². The molecule has 1 aliphatic carbocycles. The lowest BCUT2D eigenvalue weighted by Gasteiger charge is -2.31. The number of benzene rings is 2. The largest absolute Gasteiger partial charge is 0.367 e. The molecule has 0 amide bonds. The third-order valence-electron chi connectivity index (χ3n) is 5.47. The second kappa shape index (κ2) is 9.06. The Morgan fingerprint density at radius 2 is 1.42 bits per heavy atom. The van der Waals surface area contributed by atoms with Gasteiger partial charge in [-0.1, -0.05) is 50.2 Å². The summed E-state index contributed by atoms with van der Waals surface area (Å²) in [5, 5.41) is 0. The molecule has 0 aliphatic heterocycles. The molecule has 0 spiro atoms. The SMILES string of the molecule is CCCN(CCC)C1=C(S(=O)(=O)Nc2cccc(C)c2C)C(=O)c2ccccc2C1=O. The zero-order chi connectivity index (χ0) is 22.8. The fourth-order valence-electron chi connectivity index (χ4n) is 3.81. The van der Waals surface area contributed by atoms with Crippen molar-refractivity contribution < 1.29 is 18.0 Å². The Morgan fingerprint density at radius 1 is 0.839 bits per heavy atom. The van der Waals surface area contributed by atoms with E-state index in [0.29, 0.717) is 31.6 Å². The number of hydrogen-bond donors (Lipinski definition) is 1. The summed E-state index contributed by atoms with van der Waals surface area (Å²) in [6.07, 6.45) is 1.43. The van der Waals surface area contributed by atoms with Gasteiger partial charge in [0.25, 0.3) is 10.0 Å². The number of fused-ring (bicyclic) bond motifs is 1. The number of hydrogen-bond acceptors (Lipinski definition) is 5. The van der Waals surface area contributed by atoms with Crippen molar-refractivity contribution in [2.45, 2.75) is 40.5 Å². The second-order valence-electron chi connectivity index (χ2n) is 7.72. The van der Waals surface area contributed by atoms with Gasteiger partial charge in [0.1, 0.15) is 5.70 Å². The minimum absolute atomic E-state index is 0.0368. The van der Waals surface area contributed by atoms with Crippen LogP contribution in [-0.2, 0) is 10.0 Å². The number of anilines is 1. The van der Waals surface area contributed by atoms with Gasteiger partial charge in [0.05, 0.1) is 5.69 Å². The lowest BCUT2D eigenvalue weighted by molar-refractivity contribution is 0.0946. The van der Waals surface area contributed by atoms with Crippen LogP contribution in [0.1, 0.15) is 58.5 Å². The van der Waals surface area contributed by atoms with Crippen LogP contribution >= 0.6 is 0 Å². The zero-order valence-corrected chi connectivity index (χ0v) is 19.2. The van der Waals surface area contributed by atoms with Gasteiger partial charge in [0.2, 0.25) is 11.6 Å². The molecule has 164 valence electrons. The molecule has 2 aromatic rings. The van der Waals surface area contributed by atoms with Crippen molar-refractivity contribution in [2.24, 2.45) is 0 Å². The molecule has 2 aromatic carbocycles. The molecule has 1 N–H and O–H groups in total. The van der Waals surface area contributed by atoms with E-state index in [1.165, 1.54) is 6.07 Å². The molecule has 0 fully saturated rings. The molecule has 0 saturated carbocycles. The number of allylic oxidation sites excluding steroid dienone is 2. The molecule has 0 heterocycles. The van der Waals surface area contributed by atoms with E-state index in [2.05, 4.69) is 4.72 Å². The van der Waals surface area contributed by atoms with Gasteiger partial charge in [-0.3, -0.25) is 14.3 Å². The van der Waals surface area contributed by atoms with Crippen LogP contribution in [0.2, 0.25) is 0 Å². The summed E-state index contributed by atoms with van der Waals surface area (Å²) in [6, 6.07) is 11.7. The van der Waals surface area contributed by atoms with Gasteiger partial charge < -0.3 is 4.90 Å². The van der Waals surface area contributed by atoms with Crippen molar-refractivity contribution in [3.63, 3.8) is 0 Å². The first-order valence-electron chi connectivity index (χ1n) is 10.5. The third-order valence-corrected chi connectivity index (χ3v) is 6.88. The maximum Gasteiger partial charge on any atom is 0.268 e. The number of carbonyl (C=O) groups is 2. The third kappa shape index (κ3) is 4.28. The Kier molecular flexibility index (Phi) is 6.65. The summed E-state index contributed by atoms with van der Waals surface area (Å²) in [6.45, 7) is 8.56. The van der Waals surface area contributed by atoms with Crippen LogP contribution in [-0.4, -0.2) is 38.0 Å². The van der Waals surface area contributed by atoms with Gasteiger partial charge in [0, 0.05) is 24.2 Å². The predicted molar refractivity (Wildman–Crippen MR) is 123 cm³/mol. The number of sulfonamides is 1. The molecule has 1 aliphatic rings. The highest BCUT2D eigenvalue weighted by Crippen LogP contribution is 2.33. The van der Waals surface area contributed by atoms with Crippen LogP contribution in [0.25, 0.3) is 0 Å². The summed E-state index contributed by atoms with van der Waals surface area (Å²) in [5.74, 6) is -1.08. The van der Waals surface area contributed by atoms with Crippen molar-refractivity contribution in [2.75, 3.05) is 17.8 Å². The van der Waals surface area contributed by atoms with Crippen molar-refractivity contribution in [3.05, 3.63) is 75.3 Å². The number of ketones is 2. The molecule has 0 aromatic heterocycles. The van der Waals surface area contributed by atoms with Gasteiger partial charge in [-0.05, 0) is 43.9 Å². The van der Waals surface area contributed by atoms with Gasteiger partial charge in [-0.25, -0.2) is 8.42 Å². The number of carbonyl (C=O) groups excluding carboxylic acids is 2. The van der Waals surface area contributed by atoms with Crippen molar-refractivity contribution in [1.29, 1.82) is 0 Å². The molecular weight excluding hydrogens is 412 g/mol. The molecule has 6 nitrogen and oxygen atoms in total. The molecule has 0 bridgehead atoms. The molecule has 0 radical (unpaired) electrons. The highest BCUT2D eigenvalue weighted by Gasteiger charge is 2.41. The number of rotatable bonds is 8. The number of nitrogens with one attached hydrogen (secondary N) is 1. The monoisotopic (exact) mass is 440 g/mol. The van der Waals surface area contributed by atoms with Crippen molar-refractivity contribution in [3.8, 4) is 0 Å². The molecule has 0 saturated heterocycles. The van der Waals surface area contributed by atoms with Gasteiger partial charge in [-0.15, -0.1) is 0 Å². The van der Waals surface area contributed by atoms with E-state index in [-0.39, 0.29) is 16.8 Å². The Morgan fingerprint density at radius 3 is 2.00 bits per heavy atom. The Balaban J connectivity index is 2.23. The van der Waals surface area contributed by atoms with E-state index >= 15 is 0 Å². The smallest absolute Gasteiger partial charge is 0.268 e. The van der Waals surface area contributed by atoms with Crippen LogP contribution in [0.4, 0.5) is 5.69 Å². The first kappa shape index (κ1) is 22.7. The normalized spacial score (nSPS) is 13.9. The Labute approximate surface area is 184 Å². The zero-order valence-electron chi connectivity index (χ0n) is 18.4. The lowest BCUT2D eigenvalue weighted by atomic mass is 9.91. The second-order valence-corrected chi connectivity index (χ2v) is 9.34. The molecular formula is C24H28N2O4S. The highest BCUT2D eigenvalue weighted by molar-refractivity contribution is 7.97. The predicted octanol–water partition coefficient (Wildman–Crippen LogP) is 4.46. The first-order valence-corrected chi connectivity index (χ1v) is 12.0. The van der Waals surface area contributed by atoms with E-state index in [4.69, 9.17) is 0 Å². The topological polar surface area (TPSA) is 83.6 Å². The number of Topliss-reactive ketones (excluding diaryl/α,β-unsaturated/α-hetero) is 2. The molecule has 0 unspecified atom stereocenters. The fraction of sp³-hybridized carbons (Fsp3) is 0.333. The van der Waals surface area contributed by atoms with Gasteiger partial charge in [0.15, 0.2) is 4.91 Å². The maximum absolute atomic E-state index is 13.5. The summed E-state index contributed by atoms with van der Waals surface area (Å²) in [4.78, 5) is 28.1. The lowest BCUT2D eigenvalue weighted by Crippen LogP contribution is -2.38. The number of aryl methyl sites for hydroxylation is 1. The van der Waals surface area contributed by atoms with E-state index in [0.717, 1.165) is 11.1 Å². The maximum atomic E-state index is 13.5. The fourth-order valence-corrected chi connectivity index (χ4v) is 5.25. The van der Waals surface area contributed by atoms with Crippen LogP contribution in [0.5, 0.6) is 0 Å². The minimum atomic E-state index is -4.31. The molecule has 3 rings (SSSR count). The van der Waals surface area contributed by atoms with Crippen molar-refractivity contribution in [1.82, 2.24) is 4.90 Å². The highest BCUT2D eigenvalue weighted by atomic mass is 32.2. The van der Waals surface area contributed by atoms with Crippen LogP contribution in [0.15, 0.2) is 53.1 Å². The molecule has 31 heavy (non-hydrogen) atoms. The molecule has 0 atom stereocenters. The average Bonchev–Trinajstić information content (AvgIpc) is 2.73. The standard InChI is InChI=1S/C24H28N2O4S/c1-5-14-26(15-6-2)21-22(27)18-11-7-8-12-19(18)23(28)24(21)31(29,30)25-20-13-9-10-16(3)17(20)4/h7-13,25H,5-6,14-15H2,1-4H3. The summed E-state index contributed by atoms with van der Waals surface area (Å²) < 4.78 is 29.6. The first-order chi connectivity index (χ1) is 14.7. The van der Waals surface area contributed by atoms with Crippen LogP contribution in [0, 0.1) is 13.8 Å². The van der Waals surface area contributed by atoms with Gasteiger partial charge >= 0.3 is 0 Å². The summed E-state index contributed by atoms with van der Waals surface area (Å²) >= 11 is 0. The van der Waals surface area contributed by atoms with Gasteiger partial charge in [-0.2, -0.15) is 0 Å². The van der Waals surface area contributed by atoms with Crippen LogP contribution < -0.4 is 4.72 Å². The van der Waals surface area contributed by atoms with Crippen molar-refractivity contribution >= 4 is 27.3 Å².